The SMILES string of the molecule is O=C(/C=C/c1ccc(Cl)c(F)c1)NNC(=O)/C=C/c1ccc(Cl)c(Cl)c1. The molecule has 26 heavy (non-hydrogen) atoms. The molecule has 0 unspecified atom stereocenters. The molecule has 0 atom stereocenters. The Morgan fingerprint density at radius 2 is 1.27 bits per heavy atom. The molecule has 0 bridgehead atoms. The number of halogens is 4. The lowest BCUT2D eigenvalue weighted by Gasteiger charge is -2.02. The number of carbonyl (C=O) groups is 2. The molecular weight excluding hydrogens is 402 g/mol. The molecule has 0 radical (unpaired) electrons. The number of hydrogen-bond donors (Lipinski definition) is 2. The van der Waals surface area contributed by atoms with Crippen molar-refractivity contribution >= 4 is 58.8 Å². The monoisotopic (exact) mass is 412 g/mol. The lowest BCUT2D eigenvalue weighted by atomic mass is 10.2. The first-order valence-corrected chi connectivity index (χ1v) is 8.35. The third-order valence-electron chi connectivity index (χ3n) is 3.05. The predicted molar refractivity (Wildman–Crippen MR) is 102 cm³/mol. The maximum atomic E-state index is 13.3. The largest absolute Gasteiger partial charge is 0.268 e. The summed E-state index contributed by atoms with van der Waals surface area (Å²) in [4.78, 5) is 23.3. The number of rotatable bonds is 4. The fourth-order valence-electron chi connectivity index (χ4n) is 1.78. The lowest BCUT2D eigenvalue weighted by Crippen LogP contribution is -2.39. The van der Waals surface area contributed by atoms with Gasteiger partial charge in [-0.25, -0.2) is 4.39 Å². The minimum atomic E-state index is -0.588. The van der Waals surface area contributed by atoms with E-state index in [1.54, 1.807) is 24.3 Å². The van der Waals surface area contributed by atoms with Crippen LogP contribution in [0.1, 0.15) is 11.1 Å². The highest BCUT2D eigenvalue weighted by atomic mass is 35.5. The van der Waals surface area contributed by atoms with Gasteiger partial charge in [-0.3, -0.25) is 20.4 Å². The second-order valence-corrected chi connectivity index (χ2v) is 6.21. The Kier molecular flexibility index (Phi) is 7.21. The van der Waals surface area contributed by atoms with Gasteiger partial charge in [0.1, 0.15) is 5.82 Å². The van der Waals surface area contributed by atoms with E-state index in [2.05, 4.69) is 10.9 Å². The molecule has 2 rings (SSSR count). The van der Waals surface area contributed by atoms with Gasteiger partial charge in [-0.1, -0.05) is 46.9 Å². The Hall–Kier alpha value is -2.34. The van der Waals surface area contributed by atoms with Gasteiger partial charge in [-0.15, -0.1) is 0 Å². The number of hydrogen-bond acceptors (Lipinski definition) is 2. The number of hydrazine groups is 1. The first-order chi connectivity index (χ1) is 12.3. The quantitative estimate of drug-likeness (QED) is 0.566. The standard InChI is InChI=1S/C18H12Cl3FN2O2/c19-13-5-1-11(9-15(13)21)3-7-17(25)23-24-18(26)8-4-12-2-6-14(20)16(22)10-12/h1-10H,(H,23,25)(H,24,26)/b7-3+,8-4+. The first-order valence-electron chi connectivity index (χ1n) is 7.21. The van der Waals surface area contributed by atoms with Gasteiger partial charge < -0.3 is 0 Å². The Morgan fingerprint density at radius 3 is 1.77 bits per heavy atom. The zero-order valence-corrected chi connectivity index (χ0v) is 15.4. The van der Waals surface area contributed by atoms with E-state index in [0.717, 1.165) is 6.08 Å². The van der Waals surface area contributed by atoms with Gasteiger partial charge in [0.05, 0.1) is 15.1 Å². The van der Waals surface area contributed by atoms with E-state index in [9.17, 15) is 14.0 Å². The Morgan fingerprint density at radius 1 is 0.769 bits per heavy atom. The topological polar surface area (TPSA) is 58.2 Å². The molecule has 0 aromatic heterocycles. The van der Waals surface area contributed by atoms with Gasteiger partial charge in [0.2, 0.25) is 0 Å². The summed E-state index contributed by atoms with van der Waals surface area (Å²) < 4.78 is 13.3. The van der Waals surface area contributed by atoms with E-state index in [1.807, 2.05) is 0 Å². The van der Waals surface area contributed by atoms with Crippen molar-refractivity contribution in [2.45, 2.75) is 0 Å². The van der Waals surface area contributed by atoms with Gasteiger partial charge in [0.15, 0.2) is 0 Å². The summed E-state index contributed by atoms with van der Waals surface area (Å²) in [5, 5.41) is 0.770. The molecule has 4 nitrogen and oxygen atoms in total. The molecule has 2 aromatic rings. The van der Waals surface area contributed by atoms with Crippen LogP contribution in [0.5, 0.6) is 0 Å². The van der Waals surface area contributed by atoms with Crippen LogP contribution in [0, 0.1) is 5.82 Å². The van der Waals surface area contributed by atoms with Crippen molar-refractivity contribution in [3.05, 3.63) is 80.6 Å². The number of nitrogens with one attached hydrogen (secondary N) is 2. The van der Waals surface area contributed by atoms with Crippen LogP contribution >= 0.6 is 34.8 Å². The third-order valence-corrected chi connectivity index (χ3v) is 4.10. The predicted octanol–water partition coefficient (Wildman–Crippen LogP) is 4.66. The van der Waals surface area contributed by atoms with Crippen LogP contribution in [-0.2, 0) is 9.59 Å². The minimum Gasteiger partial charge on any atom is -0.268 e. The summed E-state index contributed by atoms with van der Waals surface area (Å²) in [7, 11) is 0. The van der Waals surface area contributed by atoms with Crippen molar-refractivity contribution in [3.63, 3.8) is 0 Å². The zero-order valence-electron chi connectivity index (χ0n) is 13.1. The number of benzene rings is 2. The molecule has 2 amide bonds. The molecule has 8 heteroatoms. The fourth-order valence-corrected chi connectivity index (χ4v) is 2.21. The smallest absolute Gasteiger partial charge is 0.262 e. The molecule has 0 fully saturated rings. The normalized spacial score (nSPS) is 11.1. The Balaban J connectivity index is 1.85. The van der Waals surface area contributed by atoms with Crippen LogP contribution in [0.2, 0.25) is 15.1 Å². The highest BCUT2D eigenvalue weighted by Gasteiger charge is 2.01. The van der Waals surface area contributed by atoms with E-state index in [1.165, 1.54) is 30.4 Å². The average Bonchev–Trinajstić information content (AvgIpc) is 2.62. The van der Waals surface area contributed by atoms with Crippen molar-refractivity contribution in [2.75, 3.05) is 0 Å². The maximum Gasteiger partial charge on any atom is 0.262 e. The van der Waals surface area contributed by atoms with Gasteiger partial charge in [0, 0.05) is 12.2 Å². The molecule has 134 valence electrons. The highest BCUT2D eigenvalue weighted by Crippen LogP contribution is 2.23. The van der Waals surface area contributed by atoms with Crippen molar-refractivity contribution in [1.82, 2.24) is 10.9 Å². The van der Waals surface area contributed by atoms with Crippen molar-refractivity contribution in [3.8, 4) is 0 Å². The van der Waals surface area contributed by atoms with Crippen molar-refractivity contribution in [2.24, 2.45) is 0 Å². The van der Waals surface area contributed by atoms with Gasteiger partial charge in [0.25, 0.3) is 11.8 Å². The molecule has 2 N–H and O–H groups in total. The molecule has 0 saturated carbocycles. The van der Waals surface area contributed by atoms with Gasteiger partial charge in [-0.05, 0) is 47.5 Å². The average molecular weight is 414 g/mol. The second-order valence-electron chi connectivity index (χ2n) is 4.99. The van der Waals surface area contributed by atoms with E-state index in [-0.39, 0.29) is 5.02 Å². The van der Waals surface area contributed by atoms with Crippen LogP contribution in [0.25, 0.3) is 12.2 Å². The first kappa shape index (κ1) is 20.0. The van der Waals surface area contributed by atoms with Crippen molar-refractivity contribution in [1.29, 1.82) is 0 Å². The molecule has 0 saturated heterocycles. The summed E-state index contributed by atoms with van der Waals surface area (Å²) in [6.45, 7) is 0. The molecular formula is C18H12Cl3FN2O2. The minimum absolute atomic E-state index is 0.00683. The summed E-state index contributed by atoms with van der Waals surface area (Å²) in [6.07, 6.45) is 5.26. The van der Waals surface area contributed by atoms with E-state index in [4.69, 9.17) is 34.8 Å². The molecule has 0 aliphatic heterocycles. The van der Waals surface area contributed by atoms with Crippen molar-refractivity contribution < 1.29 is 14.0 Å². The molecule has 0 aliphatic carbocycles. The van der Waals surface area contributed by atoms with Gasteiger partial charge >= 0.3 is 0 Å². The highest BCUT2D eigenvalue weighted by molar-refractivity contribution is 6.42. The van der Waals surface area contributed by atoms with Crippen LogP contribution in [0.15, 0.2) is 48.6 Å². The lowest BCUT2D eigenvalue weighted by molar-refractivity contribution is -0.123. The number of amides is 2. The Bertz CT molecular complexity index is 825. The molecule has 0 spiro atoms. The van der Waals surface area contributed by atoms with Crippen LogP contribution in [0.3, 0.4) is 0 Å². The van der Waals surface area contributed by atoms with E-state index in [0.29, 0.717) is 21.2 Å². The Labute approximate surface area is 164 Å². The second kappa shape index (κ2) is 9.38. The molecule has 0 aliphatic rings. The summed E-state index contributed by atoms with van der Waals surface area (Å²) in [5.74, 6) is -1.72. The van der Waals surface area contributed by atoms with Crippen LogP contribution in [-0.4, -0.2) is 11.8 Å². The van der Waals surface area contributed by atoms with Gasteiger partial charge in [-0.2, -0.15) is 0 Å². The summed E-state index contributed by atoms with van der Waals surface area (Å²) >= 11 is 17.2. The fraction of sp³-hybridized carbons (Fsp3) is 0. The van der Waals surface area contributed by atoms with Crippen LogP contribution < -0.4 is 10.9 Å². The molecule has 2 aromatic carbocycles. The van der Waals surface area contributed by atoms with Crippen LogP contribution in [0.4, 0.5) is 4.39 Å². The maximum absolute atomic E-state index is 13.3. The van der Waals surface area contributed by atoms with E-state index >= 15 is 0 Å². The number of carbonyl (C=O) groups excluding carboxylic acids is 2. The summed E-state index contributed by atoms with van der Waals surface area (Å²) in [6, 6.07) is 9.00. The third kappa shape index (κ3) is 6.19. The molecule has 0 heterocycles. The zero-order chi connectivity index (χ0) is 19.1. The van der Waals surface area contributed by atoms with E-state index < -0.39 is 17.6 Å². The summed E-state index contributed by atoms with van der Waals surface area (Å²) in [5.41, 5.74) is 5.52.